The molecule has 0 aliphatic carbocycles. The second-order valence-electron chi connectivity index (χ2n) is 4.12. The summed E-state index contributed by atoms with van der Waals surface area (Å²) >= 11 is 0. The number of hydrogen-bond donors (Lipinski definition) is 1. The summed E-state index contributed by atoms with van der Waals surface area (Å²) < 4.78 is 10.1. The smallest absolute Gasteiger partial charge is 0.280 e. The number of nitro benzene ring substituents is 1. The van der Waals surface area contributed by atoms with Gasteiger partial charge in [-0.2, -0.15) is 0 Å². The monoisotopic (exact) mass is 277 g/mol. The Labute approximate surface area is 115 Å². The highest BCUT2D eigenvalue weighted by molar-refractivity contribution is 5.71. The molecule has 0 amide bonds. The van der Waals surface area contributed by atoms with Crippen LogP contribution in [-0.2, 0) is 11.3 Å². The Hall–Kier alpha value is -2.25. The van der Waals surface area contributed by atoms with Crippen LogP contribution in [0.2, 0.25) is 0 Å². The lowest BCUT2D eigenvalue weighted by Crippen LogP contribution is -2.18. The summed E-state index contributed by atoms with van der Waals surface area (Å²) in [5, 5.41) is 17.9. The van der Waals surface area contributed by atoms with Crippen molar-refractivity contribution in [2.45, 2.75) is 6.54 Å². The van der Waals surface area contributed by atoms with E-state index in [1.165, 1.54) is 6.07 Å². The molecule has 0 fully saturated rings. The normalized spacial score (nSPS) is 10.7. The number of nitrogens with one attached hydrogen (secondary N) is 1. The Morgan fingerprint density at radius 2 is 2.25 bits per heavy atom. The maximum atomic E-state index is 11.0. The van der Waals surface area contributed by atoms with Crippen LogP contribution in [0.5, 0.6) is 0 Å². The van der Waals surface area contributed by atoms with E-state index in [0.717, 1.165) is 5.56 Å². The highest BCUT2D eigenvalue weighted by Crippen LogP contribution is 2.31. The zero-order chi connectivity index (χ0) is 14.4. The first-order chi connectivity index (χ1) is 9.74. The van der Waals surface area contributed by atoms with Gasteiger partial charge in [-0.05, 0) is 6.07 Å². The third-order valence-corrected chi connectivity index (χ3v) is 2.79. The number of para-hydroxylation sites is 1. The molecule has 0 unspecified atom stereocenters. The Balaban J connectivity index is 2.21. The maximum absolute atomic E-state index is 11.0. The highest BCUT2D eigenvalue weighted by Gasteiger charge is 2.20. The van der Waals surface area contributed by atoms with E-state index in [9.17, 15) is 10.1 Å². The molecule has 7 heteroatoms. The van der Waals surface area contributed by atoms with E-state index in [1.807, 2.05) is 0 Å². The van der Waals surface area contributed by atoms with E-state index in [4.69, 9.17) is 9.26 Å². The van der Waals surface area contributed by atoms with Gasteiger partial charge in [0.25, 0.3) is 5.69 Å². The number of rotatable bonds is 7. The molecule has 0 saturated heterocycles. The quantitative estimate of drug-likeness (QED) is 0.473. The van der Waals surface area contributed by atoms with E-state index in [0.29, 0.717) is 31.0 Å². The molecule has 20 heavy (non-hydrogen) atoms. The van der Waals surface area contributed by atoms with Crippen LogP contribution in [0.15, 0.2) is 35.0 Å². The summed E-state index contributed by atoms with van der Waals surface area (Å²) in [4.78, 5) is 10.6. The van der Waals surface area contributed by atoms with Crippen molar-refractivity contribution in [1.29, 1.82) is 0 Å². The molecule has 0 saturated carbocycles. The SMILES string of the molecule is COCCNCc1cnoc1-c1ccccc1[N+](=O)[O-]. The largest absolute Gasteiger partial charge is 0.383 e. The first-order valence-electron chi connectivity index (χ1n) is 6.11. The van der Waals surface area contributed by atoms with E-state index < -0.39 is 4.92 Å². The Morgan fingerprint density at radius 1 is 1.45 bits per heavy atom. The van der Waals surface area contributed by atoms with Crippen LogP contribution in [-0.4, -0.2) is 30.3 Å². The molecule has 0 spiro atoms. The maximum Gasteiger partial charge on any atom is 0.280 e. The molecular weight excluding hydrogens is 262 g/mol. The number of methoxy groups -OCH3 is 1. The van der Waals surface area contributed by atoms with Crippen LogP contribution in [0.3, 0.4) is 0 Å². The summed E-state index contributed by atoms with van der Waals surface area (Å²) in [6, 6.07) is 6.44. The molecule has 1 aromatic heterocycles. The van der Waals surface area contributed by atoms with Gasteiger partial charge in [0.2, 0.25) is 0 Å². The van der Waals surface area contributed by atoms with Crippen molar-refractivity contribution in [2.75, 3.05) is 20.3 Å². The number of aromatic nitrogens is 1. The first-order valence-corrected chi connectivity index (χ1v) is 6.11. The summed E-state index contributed by atoms with van der Waals surface area (Å²) in [5.74, 6) is 0.419. The van der Waals surface area contributed by atoms with Crippen LogP contribution in [0, 0.1) is 10.1 Å². The fourth-order valence-electron chi connectivity index (χ4n) is 1.83. The predicted octanol–water partition coefficient (Wildman–Crippen LogP) is 1.99. The van der Waals surface area contributed by atoms with Crippen LogP contribution in [0.25, 0.3) is 11.3 Å². The van der Waals surface area contributed by atoms with E-state index >= 15 is 0 Å². The van der Waals surface area contributed by atoms with Crippen molar-refractivity contribution in [3.63, 3.8) is 0 Å². The van der Waals surface area contributed by atoms with Gasteiger partial charge in [-0.3, -0.25) is 10.1 Å². The fourth-order valence-corrected chi connectivity index (χ4v) is 1.83. The molecule has 1 heterocycles. The lowest BCUT2D eigenvalue weighted by Gasteiger charge is -2.04. The lowest BCUT2D eigenvalue weighted by molar-refractivity contribution is -0.384. The summed E-state index contributed by atoms with van der Waals surface area (Å²) in [5.41, 5.74) is 1.20. The molecular formula is C13H15N3O4. The van der Waals surface area contributed by atoms with Gasteiger partial charge in [0.1, 0.15) is 0 Å². The molecule has 1 N–H and O–H groups in total. The molecule has 0 atom stereocenters. The Morgan fingerprint density at radius 3 is 3.00 bits per heavy atom. The van der Waals surface area contributed by atoms with Crippen molar-refractivity contribution >= 4 is 5.69 Å². The molecule has 1 aromatic carbocycles. The van der Waals surface area contributed by atoms with Crippen molar-refractivity contribution in [3.05, 3.63) is 46.1 Å². The van der Waals surface area contributed by atoms with Gasteiger partial charge < -0.3 is 14.6 Å². The Kier molecular flexibility index (Phi) is 4.80. The average Bonchev–Trinajstić information content (AvgIpc) is 2.92. The van der Waals surface area contributed by atoms with Gasteiger partial charge in [-0.1, -0.05) is 17.3 Å². The summed E-state index contributed by atoms with van der Waals surface area (Å²) in [7, 11) is 1.62. The van der Waals surface area contributed by atoms with E-state index in [1.54, 1.807) is 31.5 Å². The molecule has 0 radical (unpaired) electrons. The van der Waals surface area contributed by atoms with E-state index in [2.05, 4.69) is 10.5 Å². The van der Waals surface area contributed by atoms with Crippen molar-refractivity contribution < 1.29 is 14.2 Å². The second kappa shape index (κ2) is 6.78. The van der Waals surface area contributed by atoms with Gasteiger partial charge in [0, 0.05) is 31.8 Å². The minimum Gasteiger partial charge on any atom is -0.383 e. The number of nitrogens with zero attached hydrogens (tertiary/aromatic N) is 2. The van der Waals surface area contributed by atoms with Gasteiger partial charge in [-0.25, -0.2) is 0 Å². The van der Waals surface area contributed by atoms with Crippen molar-refractivity contribution in [3.8, 4) is 11.3 Å². The van der Waals surface area contributed by atoms with Crippen LogP contribution >= 0.6 is 0 Å². The third-order valence-electron chi connectivity index (χ3n) is 2.79. The molecule has 2 aromatic rings. The number of hydrogen-bond acceptors (Lipinski definition) is 6. The van der Waals surface area contributed by atoms with Crippen LogP contribution in [0.1, 0.15) is 5.56 Å². The molecule has 7 nitrogen and oxygen atoms in total. The number of ether oxygens (including phenoxy) is 1. The van der Waals surface area contributed by atoms with Crippen LogP contribution in [0.4, 0.5) is 5.69 Å². The molecule has 106 valence electrons. The topological polar surface area (TPSA) is 90.4 Å². The van der Waals surface area contributed by atoms with Crippen LogP contribution < -0.4 is 5.32 Å². The van der Waals surface area contributed by atoms with Gasteiger partial charge >= 0.3 is 0 Å². The Bertz CT molecular complexity index is 583. The van der Waals surface area contributed by atoms with Crippen molar-refractivity contribution in [2.24, 2.45) is 0 Å². The van der Waals surface area contributed by atoms with Gasteiger partial charge in [0.15, 0.2) is 5.76 Å². The predicted molar refractivity (Wildman–Crippen MR) is 72.2 cm³/mol. The van der Waals surface area contributed by atoms with Gasteiger partial charge in [-0.15, -0.1) is 0 Å². The number of benzene rings is 1. The second-order valence-corrected chi connectivity index (χ2v) is 4.12. The molecule has 0 aliphatic rings. The minimum atomic E-state index is -0.431. The number of nitro groups is 1. The fraction of sp³-hybridized carbons (Fsp3) is 0.308. The third kappa shape index (κ3) is 3.19. The first kappa shape index (κ1) is 14.2. The van der Waals surface area contributed by atoms with Crippen molar-refractivity contribution in [1.82, 2.24) is 10.5 Å². The standard InChI is InChI=1S/C13H15N3O4/c1-19-7-6-14-8-10-9-15-20-13(10)11-4-2-3-5-12(11)16(17)18/h2-5,9,14H,6-8H2,1H3. The van der Waals surface area contributed by atoms with Gasteiger partial charge in [0.05, 0.1) is 23.3 Å². The molecule has 2 rings (SSSR count). The molecule has 0 bridgehead atoms. The summed E-state index contributed by atoms with van der Waals surface area (Å²) in [6.07, 6.45) is 1.56. The summed E-state index contributed by atoms with van der Waals surface area (Å²) in [6.45, 7) is 1.78. The zero-order valence-electron chi connectivity index (χ0n) is 11.0. The average molecular weight is 277 g/mol. The lowest BCUT2D eigenvalue weighted by atomic mass is 10.1. The minimum absolute atomic E-state index is 0.00221. The van der Waals surface area contributed by atoms with E-state index in [-0.39, 0.29) is 5.69 Å². The zero-order valence-corrected chi connectivity index (χ0v) is 11.0. The molecule has 0 aliphatic heterocycles. The highest BCUT2D eigenvalue weighted by atomic mass is 16.6.